The van der Waals surface area contributed by atoms with Crippen LogP contribution in [0.2, 0.25) is 0 Å². The number of nitrogens with one attached hydrogen (secondary N) is 1. The minimum atomic E-state index is -4.39. The van der Waals surface area contributed by atoms with Gasteiger partial charge >= 0.3 is 12.1 Å². The van der Waals surface area contributed by atoms with Crippen LogP contribution >= 0.6 is 15.9 Å². The molecule has 0 unspecified atom stereocenters. The third-order valence-corrected chi connectivity index (χ3v) is 5.79. The summed E-state index contributed by atoms with van der Waals surface area (Å²) >= 11 is 3.43. The Morgan fingerprint density at radius 2 is 1.66 bits per heavy atom. The molecule has 0 bridgehead atoms. The summed E-state index contributed by atoms with van der Waals surface area (Å²) < 4.78 is 46.7. The van der Waals surface area contributed by atoms with Crippen molar-refractivity contribution >= 4 is 27.6 Å². The number of halogens is 4. The highest BCUT2D eigenvalue weighted by Crippen LogP contribution is 2.31. The van der Waals surface area contributed by atoms with Crippen LogP contribution in [0.4, 0.5) is 18.9 Å². The Bertz CT molecular complexity index is 1300. The lowest BCUT2D eigenvalue weighted by Crippen LogP contribution is -2.09. The second kappa shape index (κ2) is 10.4. The van der Waals surface area contributed by atoms with Gasteiger partial charge in [0.1, 0.15) is 5.82 Å². The van der Waals surface area contributed by atoms with E-state index in [1.807, 2.05) is 59.3 Å². The van der Waals surface area contributed by atoms with Crippen LogP contribution < -0.4 is 5.32 Å². The first-order chi connectivity index (χ1) is 16.7. The average Bonchev–Trinajstić information content (AvgIpc) is 3.24. The van der Waals surface area contributed by atoms with Gasteiger partial charge < -0.3 is 14.6 Å². The average molecular weight is 544 g/mol. The molecule has 0 aliphatic carbocycles. The predicted octanol–water partition coefficient (Wildman–Crippen LogP) is 6.84. The number of aromatic nitrogens is 2. The molecule has 0 spiro atoms. The van der Waals surface area contributed by atoms with Gasteiger partial charge in [0.15, 0.2) is 6.73 Å². The highest BCUT2D eigenvalue weighted by molar-refractivity contribution is 9.10. The number of imidazole rings is 1. The third-order valence-electron chi connectivity index (χ3n) is 5.26. The number of benzene rings is 3. The Balaban J connectivity index is 1.65. The SMILES string of the molecule is CC(=O)OCNc1ccc(-n2cc(-c3ccc(C(F)(F)F)cc3)nc2Cc2ccc(Br)cc2)cc1. The fourth-order valence-electron chi connectivity index (χ4n) is 3.48. The lowest BCUT2D eigenvalue weighted by atomic mass is 10.1. The van der Waals surface area contributed by atoms with E-state index in [1.54, 1.807) is 0 Å². The standard InChI is InChI=1S/C26H21BrF3N3O2/c1-17(34)35-16-31-22-10-12-23(13-11-22)33-15-24(19-4-6-20(7-5-19)26(28,29)30)32-25(33)14-18-2-8-21(27)9-3-18/h2-13,15,31H,14,16H2,1H3. The van der Waals surface area contributed by atoms with Gasteiger partial charge in [0.05, 0.1) is 11.3 Å². The molecule has 4 rings (SSSR count). The van der Waals surface area contributed by atoms with Gasteiger partial charge in [-0.05, 0) is 54.1 Å². The highest BCUT2D eigenvalue weighted by Gasteiger charge is 2.30. The zero-order chi connectivity index (χ0) is 25.0. The highest BCUT2D eigenvalue weighted by atomic mass is 79.9. The molecule has 0 fully saturated rings. The fraction of sp³-hybridized carbons (Fsp3) is 0.154. The van der Waals surface area contributed by atoms with E-state index in [9.17, 15) is 18.0 Å². The molecule has 1 heterocycles. The maximum atomic E-state index is 13.0. The number of esters is 1. The van der Waals surface area contributed by atoms with Crippen molar-refractivity contribution in [2.45, 2.75) is 19.5 Å². The van der Waals surface area contributed by atoms with Crippen molar-refractivity contribution in [2.24, 2.45) is 0 Å². The summed E-state index contributed by atoms with van der Waals surface area (Å²) in [4.78, 5) is 15.7. The van der Waals surface area contributed by atoms with Crippen molar-refractivity contribution in [3.63, 3.8) is 0 Å². The Kier molecular flexibility index (Phi) is 7.25. The van der Waals surface area contributed by atoms with E-state index in [4.69, 9.17) is 9.72 Å². The second-order valence-corrected chi connectivity index (χ2v) is 8.71. The number of hydrogen-bond acceptors (Lipinski definition) is 4. The van der Waals surface area contributed by atoms with Gasteiger partial charge in [-0.25, -0.2) is 4.98 Å². The first kappa shape index (κ1) is 24.5. The summed E-state index contributed by atoms with van der Waals surface area (Å²) in [5, 5.41) is 3.00. The number of ether oxygens (including phenoxy) is 1. The van der Waals surface area contributed by atoms with E-state index in [1.165, 1.54) is 19.1 Å². The van der Waals surface area contributed by atoms with Crippen molar-refractivity contribution in [3.05, 3.63) is 100 Å². The summed E-state index contributed by atoms with van der Waals surface area (Å²) in [5.41, 5.74) is 3.11. The number of carbonyl (C=O) groups is 1. The van der Waals surface area contributed by atoms with Crippen molar-refractivity contribution in [1.29, 1.82) is 0 Å². The van der Waals surface area contributed by atoms with Crippen LogP contribution in [0, 0.1) is 0 Å². The molecule has 0 saturated carbocycles. The Morgan fingerprint density at radius 1 is 1.00 bits per heavy atom. The van der Waals surface area contributed by atoms with Gasteiger partial charge in [0.25, 0.3) is 0 Å². The summed E-state index contributed by atoms with van der Waals surface area (Å²) in [5.74, 6) is 0.365. The topological polar surface area (TPSA) is 56.1 Å². The van der Waals surface area contributed by atoms with E-state index in [0.717, 1.165) is 39.4 Å². The minimum absolute atomic E-state index is 0.0621. The van der Waals surface area contributed by atoms with Crippen molar-refractivity contribution in [3.8, 4) is 16.9 Å². The molecule has 0 radical (unpaired) electrons. The largest absolute Gasteiger partial charge is 0.445 e. The molecule has 35 heavy (non-hydrogen) atoms. The van der Waals surface area contributed by atoms with E-state index in [0.29, 0.717) is 17.7 Å². The molecule has 1 aromatic heterocycles. The normalized spacial score (nSPS) is 11.3. The second-order valence-electron chi connectivity index (χ2n) is 7.79. The van der Waals surface area contributed by atoms with Crippen LogP contribution in [-0.4, -0.2) is 22.3 Å². The monoisotopic (exact) mass is 543 g/mol. The molecule has 3 aromatic carbocycles. The van der Waals surface area contributed by atoms with Crippen molar-refractivity contribution in [2.75, 3.05) is 12.0 Å². The molecular formula is C26H21BrF3N3O2. The summed E-state index contributed by atoms with van der Waals surface area (Å²) in [6, 6.07) is 20.3. The van der Waals surface area contributed by atoms with Gasteiger partial charge in [-0.2, -0.15) is 13.2 Å². The number of rotatable bonds is 7. The molecule has 1 N–H and O–H groups in total. The summed E-state index contributed by atoms with van der Waals surface area (Å²) in [6.45, 7) is 1.40. The van der Waals surface area contributed by atoms with Crippen LogP contribution in [0.15, 0.2) is 83.5 Å². The Labute approximate surface area is 208 Å². The Hall–Kier alpha value is -3.59. The van der Waals surface area contributed by atoms with E-state index in [2.05, 4.69) is 21.2 Å². The van der Waals surface area contributed by atoms with Crippen LogP contribution in [0.3, 0.4) is 0 Å². The summed E-state index contributed by atoms with van der Waals surface area (Å²) in [6.07, 6.45) is -2.05. The lowest BCUT2D eigenvalue weighted by molar-refractivity contribution is -0.140. The first-order valence-corrected chi connectivity index (χ1v) is 11.5. The third kappa shape index (κ3) is 6.30. The summed E-state index contributed by atoms with van der Waals surface area (Å²) in [7, 11) is 0. The fourth-order valence-corrected chi connectivity index (χ4v) is 3.75. The lowest BCUT2D eigenvalue weighted by Gasteiger charge is -2.10. The first-order valence-electron chi connectivity index (χ1n) is 10.7. The van der Waals surface area contributed by atoms with Gasteiger partial charge in [-0.1, -0.05) is 40.2 Å². The molecule has 0 amide bonds. The molecule has 180 valence electrons. The molecule has 0 aliphatic rings. The van der Waals surface area contributed by atoms with Crippen LogP contribution in [-0.2, 0) is 22.1 Å². The molecule has 0 atom stereocenters. The maximum Gasteiger partial charge on any atom is 0.416 e. The zero-order valence-electron chi connectivity index (χ0n) is 18.6. The number of alkyl halides is 3. The van der Waals surface area contributed by atoms with E-state index in [-0.39, 0.29) is 12.7 Å². The van der Waals surface area contributed by atoms with Crippen LogP contribution in [0.5, 0.6) is 0 Å². The van der Waals surface area contributed by atoms with Crippen LogP contribution in [0.1, 0.15) is 23.9 Å². The zero-order valence-corrected chi connectivity index (χ0v) is 20.2. The van der Waals surface area contributed by atoms with Gasteiger partial charge in [0.2, 0.25) is 0 Å². The number of hydrogen-bond donors (Lipinski definition) is 1. The number of carbonyl (C=O) groups excluding carboxylic acids is 1. The van der Waals surface area contributed by atoms with Crippen LogP contribution in [0.25, 0.3) is 16.9 Å². The maximum absolute atomic E-state index is 13.0. The molecule has 0 saturated heterocycles. The smallest absolute Gasteiger partial charge is 0.416 e. The van der Waals surface area contributed by atoms with Crippen molar-refractivity contribution in [1.82, 2.24) is 9.55 Å². The van der Waals surface area contributed by atoms with Gasteiger partial charge in [-0.3, -0.25) is 4.79 Å². The van der Waals surface area contributed by atoms with Gasteiger partial charge in [-0.15, -0.1) is 0 Å². The van der Waals surface area contributed by atoms with Crippen molar-refractivity contribution < 1.29 is 22.7 Å². The predicted molar refractivity (Wildman–Crippen MR) is 131 cm³/mol. The Morgan fingerprint density at radius 3 is 2.26 bits per heavy atom. The minimum Gasteiger partial charge on any atom is -0.445 e. The van der Waals surface area contributed by atoms with E-state index < -0.39 is 11.7 Å². The van der Waals surface area contributed by atoms with Gasteiger partial charge in [0, 0.05) is 41.0 Å². The quantitative estimate of drug-likeness (QED) is 0.205. The molecular weight excluding hydrogens is 523 g/mol. The molecule has 4 aromatic rings. The molecule has 5 nitrogen and oxygen atoms in total. The number of anilines is 1. The number of nitrogens with zero attached hydrogens (tertiary/aromatic N) is 2. The molecule has 0 aliphatic heterocycles. The van der Waals surface area contributed by atoms with E-state index >= 15 is 0 Å². The molecule has 9 heteroatoms.